The Hall–Kier alpha value is -1.72. The van der Waals surface area contributed by atoms with Crippen LogP contribution in [-0.2, 0) is 6.54 Å². The molecule has 96 valence electrons. The minimum absolute atomic E-state index is 0.125. The average molecular weight is 245 g/mol. The first-order valence-electron chi connectivity index (χ1n) is 6.16. The topological polar surface area (TPSA) is 68.8 Å². The number of aromatic nitrogens is 3. The van der Waals surface area contributed by atoms with E-state index >= 15 is 0 Å². The molecule has 0 aliphatic rings. The van der Waals surface area contributed by atoms with Crippen molar-refractivity contribution >= 4 is 0 Å². The summed E-state index contributed by atoms with van der Waals surface area (Å²) in [5.74, 6) is 6.63. The minimum atomic E-state index is -0.125. The minimum Gasteiger partial charge on any atom is -0.333 e. The van der Waals surface area contributed by atoms with Gasteiger partial charge >= 0.3 is 0 Å². The number of hydrogen-bond donors (Lipinski definition) is 2. The Morgan fingerprint density at radius 3 is 2.89 bits per heavy atom. The van der Waals surface area contributed by atoms with Gasteiger partial charge in [0.05, 0.1) is 0 Å². The number of nitrogens with one attached hydrogen (secondary N) is 1. The van der Waals surface area contributed by atoms with Gasteiger partial charge in [-0.15, -0.1) is 0 Å². The van der Waals surface area contributed by atoms with Crippen LogP contribution in [0.3, 0.4) is 0 Å². The molecule has 0 saturated heterocycles. The molecule has 1 unspecified atom stereocenters. The smallest absolute Gasteiger partial charge is 0.131 e. The summed E-state index contributed by atoms with van der Waals surface area (Å²) in [6.45, 7) is 5.06. The first kappa shape index (κ1) is 12.7. The SMILES string of the molecule is CCCn1ccnc1C(NN)c1cccnc1C. The van der Waals surface area contributed by atoms with E-state index in [1.54, 1.807) is 12.4 Å². The lowest BCUT2D eigenvalue weighted by atomic mass is 10.1. The number of aryl methyl sites for hydroxylation is 2. The van der Waals surface area contributed by atoms with Crippen LogP contribution in [0.5, 0.6) is 0 Å². The average Bonchev–Trinajstić information content (AvgIpc) is 2.82. The van der Waals surface area contributed by atoms with Gasteiger partial charge in [0, 0.05) is 30.8 Å². The molecule has 0 spiro atoms. The van der Waals surface area contributed by atoms with Gasteiger partial charge < -0.3 is 4.57 Å². The zero-order valence-corrected chi connectivity index (χ0v) is 10.8. The molecule has 0 bridgehead atoms. The normalized spacial score (nSPS) is 12.6. The molecule has 0 aliphatic heterocycles. The summed E-state index contributed by atoms with van der Waals surface area (Å²) in [6.07, 6.45) is 6.63. The van der Waals surface area contributed by atoms with Crippen molar-refractivity contribution in [2.24, 2.45) is 5.84 Å². The third-order valence-corrected chi connectivity index (χ3v) is 3.00. The zero-order valence-electron chi connectivity index (χ0n) is 10.8. The van der Waals surface area contributed by atoms with Crippen molar-refractivity contribution in [3.05, 3.63) is 47.8 Å². The lowest BCUT2D eigenvalue weighted by molar-refractivity contribution is 0.542. The molecule has 0 amide bonds. The van der Waals surface area contributed by atoms with Crippen LogP contribution in [0.2, 0.25) is 0 Å². The Morgan fingerprint density at radius 2 is 2.22 bits per heavy atom. The highest BCUT2D eigenvalue weighted by Crippen LogP contribution is 2.21. The van der Waals surface area contributed by atoms with Crippen LogP contribution in [0.4, 0.5) is 0 Å². The lowest BCUT2D eigenvalue weighted by Crippen LogP contribution is -2.31. The maximum Gasteiger partial charge on any atom is 0.131 e. The second kappa shape index (κ2) is 5.75. The van der Waals surface area contributed by atoms with Crippen molar-refractivity contribution in [3.63, 3.8) is 0 Å². The van der Waals surface area contributed by atoms with E-state index in [0.717, 1.165) is 30.0 Å². The quantitative estimate of drug-likeness (QED) is 0.619. The van der Waals surface area contributed by atoms with Crippen LogP contribution in [0, 0.1) is 6.92 Å². The summed E-state index contributed by atoms with van der Waals surface area (Å²) in [7, 11) is 0. The number of hydrogen-bond acceptors (Lipinski definition) is 4. The van der Waals surface area contributed by atoms with Crippen molar-refractivity contribution in [1.29, 1.82) is 0 Å². The summed E-state index contributed by atoms with van der Waals surface area (Å²) in [5, 5.41) is 0. The maximum absolute atomic E-state index is 5.70. The molecule has 0 aliphatic carbocycles. The molecular formula is C13H19N5. The molecule has 2 aromatic heterocycles. The summed E-state index contributed by atoms with van der Waals surface area (Å²) >= 11 is 0. The van der Waals surface area contributed by atoms with Gasteiger partial charge in [0.15, 0.2) is 0 Å². The van der Waals surface area contributed by atoms with Gasteiger partial charge in [-0.25, -0.2) is 10.4 Å². The van der Waals surface area contributed by atoms with Gasteiger partial charge in [0.25, 0.3) is 0 Å². The lowest BCUT2D eigenvalue weighted by Gasteiger charge is -2.18. The third-order valence-electron chi connectivity index (χ3n) is 3.00. The van der Waals surface area contributed by atoms with Crippen molar-refractivity contribution in [1.82, 2.24) is 20.0 Å². The van der Waals surface area contributed by atoms with E-state index in [4.69, 9.17) is 5.84 Å². The summed E-state index contributed by atoms with van der Waals surface area (Å²) in [6, 6.07) is 3.82. The highest BCUT2D eigenvalue weighted by molar-refractivity contribution is 5.28. The van der Waals surface area contributed by atoms with Gasteiger partial charge in [0.2, 0.25) is 0 Å². The number of nitrogens with zero attached hydrogens (tertiary/aromatic N) is 3. The van der Waals surface area contributed by atoms with E-state index in [0.29, 0.717) is 0 Å². The van der Waals surface area contributed by atoms with E-state index in [9.17, 15) is 0 Å². The zero-order chi connectivity index (χ0) is 13.0. The van der Waals surface area contributed by atoms with Crippen molar-refractivity contribution < 1.29 is 0 Å². The second-order valence-corrected chi connectivity index (χ2v) is 4.26. The highest BCUT2D eigenvalue weighted by Gasteiger charge is 2.19. The predicted octanol–water partition coefficient (Wildman–Crippen LogP) is 1.55. The Balaban J connectivity index is 2.39. The molecule has 2 aromatic rings. The van der Waals surface area contributed by atoms with Gasteiger partial charge in [-0.3, -0.25) is 10.8 Å². The van der Waals surface area contributed by atoms with Crippen LogP contribution in [0.15, 0.2) is 30.7 Å². The van der Waals surface area contributed by atoms with Gasteiger partial charge in [-0.1, -0.05) is 13.0 Å². The maximum atomic E-state index is 5.70. The second-order valence-electron chi connectivity index (χ2n) is 4.26. The van der Waals surface area contributed by atoms with E-state index in [1.165, 1.54) is 0 Å². The van der Waals surface area contributed by atoms with Crippen LogP contribution < -0.4 is 11.3 Å². The Morgan fingerprint density at radius 1 is 1.39 bits per heavy atom. The molecule has 2 rings (SSSR count). The number of rotatable bonds is 5. The fraction of sp³-hybridized carbons (Fsp3) is 0.385. The monoisotopic (exact) mass is 245 g/mol. The molecule has 0 fully saturated rings. The number of pyridine rings is 1. The Bertz CT molecular complexity index is 506. The molecule has 5 heteroatoms. The summed E-state index contributed by atoms with van der Waals surface area (Å²) in [5.41, 5.74) is 4.86. The molecule has 0 saturated carbocycles. The Kier molecular flexibility index (Phi) is 4.07. The molecule has 3 N–H and O–H groups in total. The largest absolute Gasteiger partial charge is 0.333 e. The van der Waals surface area contributed by atoms with E-state index in [-0.39, 0.29) is 6.04 Å². The van der Waals surface area contributed by atoms with E-state index in [2.05, 4.69) is 26.9 Å². The fourth-order valence-electron chi connectivity index (χ4n) is 2.12. The third kappa shape index (κ3) is 2.42. The van der Waals surface area contributed by atoms with Crippen LogP contribution in [0.1, 0.15) is 36.5 Å². The van der Waals surface area contributed by atoms with Gasteiger partial charge in [-0.2, -0.15) is 0 Å². The van der Waals surface area contributed by atoms with Crippen LogP contribution in [-0.4, -0.2) is 14.5 Å². The molecule has 0 aromatic carbocycles. The molecule has 5 nitrogen and oxygen atoms in total. The van der Waals surface area contributed by atoms with Crippen molar-refractivity contribution in [3.8, 4) is 0 Å². The Labute approximate surface area is 107 Å². The number of nitrogens with two attached hydrogens (primary N) is 1. The fourth-order valence-corrected chi connectivity index (χ4v) is 2.12. The molecule has 1 atom stereocenters. The molecule has 2 heterocycles. The van der Waals surface area contributed by atoms with Crippen LogP contribution >= 0.6 is 0 Å². The molecular weight excluding hydrogens is 226 g/mol. The van der Waals surface area contributed by atoms with Crippen LogP contribution in [0.25, 0.3) is 0 Å². The molecule has 18 heavy (non-hydrogen) atoms. The summed E-state index contributed by atoms with van der Waals surface area (Å²) < 4.78 is 2.12. The van der Waals surface area contributed by atoms with Gasteiger partial charge in [0.1, 0.15) is 11.9 Å². The standard InChI is InChI=1S/C13H19N5/c1-3-8-18-9-7-16-13(18)12(17-14)11-5-4-6-15-10(11)2/h4-7,9,12,17H,3,8,14H2,1-2H3. The van der Waals surface area contributed by atoms with E-state index in [1.807, 2.05) is 25.3 Å². The van der Waals surface area contributed by atoms with Crippen molar-refractivity contribution in [2.45, 2.75) is 32.9 Å². The first-order valence-corrected chi connectivity index (χ1v) is 6.16. The highest BCUT2D eigenvalue weighted by atomic mass is 15.3. The number of imidazole rings is 1. The molecule has 0 radical (unpaired) electrons. The first-order chi connectivity index (χ1) is 8.77. The van der Waals surface area contributed by atoms with Crippen molar-refractivity contribution in [2.75, 3.05) is 0 Å². The van der Waals surface area contributed by atoms with Gasteiger partial charge in [-0.05, 0) is 25.0 Å². The predicted molar refractivity (Wildman–Crippen MR) is 70.7 cm³/mol. The summed E-state index contributed by atoms with van der Waals surface area (Å²) in [4.78, 5) is 8.72. The number of hydrazine groups is 1. The van der Waals surface area contributed by atoms with E-state index < -0.39 is 0 Å².